The van der Waals surface area contributed by atoms with Crippen LogP contribution in [0.5, 0.6) is 0 Å². The van der Waals surface area contributed by atoms with Gasteiger partial charge in [0.15, 0.2) is 5.78 Å². The van der Waals surface area contributed by atoms with Crippen molar-refractivity contribution in [2.24, 2.45) is 0 Å². The van der Waals surface area contributed by atoms with Crippen LogP contribution >= 0.6 is 11.6 Å². The van der Waals surface area contributed by atoms with E-state index in [1.165, 1.54) is 6.42 Å². The lowest BCUT2D eigenvalue weighted by molar-refractivity contribution is 0.102. The molecule has 0 spiro atoms. The van der Waals surface area contributed by atoms with Gasteiger partial charge in [0, 0.05) is 23.5 Å². The van der Waals surface area contributed by atoms with E-state index in [-0.39, 0.29) is 11.7 Å². The van der Waals surface area contributed by atoms with Gasteiger partial charge in [-0.2, -0.15) is 0 Å². The minimum Gasteiger partial charge on any atom is -0.348 e. The fourth-order valence-corrected chi connectivity index (χ4v) is 2.34. The normalized spacial score (nSPS) is 11.2. The molecule has 3 nitrogen and oxygen atoms in total. The zero-order valence-electron chi connectivity index (χ0n) is 11.8. The number of alkyl halides is 1. The van der Waals surface area contributed by atoms with Crippen LogP contribution in [0.25, 0.3) is 0 Å². The average molecular weight is 271 g/mol. The number of hydrogen-bond acceptors (Lipinski definition) is 2. The Labute approximate surface area is 115 Å². The van der Waals surface area contributed by atoms with Gasteiger partial charge >= 0.3 is 0 Å². The summed E-state index contributed by atoms with van der Waals surface area (Å²) in [7, 11) is 4.17. The summed E-state index contributed by atoms with van der Waals surface area (Å²) in [6.07, 6.45) is 2.30. The molecule has 0 aliphatic rings. The molecule has 0 unspecified atom stereocenters. The van der Waals surface area contributed by atoms with Crippen LogP contribution in [0.1, 0.15) is 34.6 Å². The summed E-state index contributed by atoms with van der Waals surface area (Å²) in [5, 5.41) is 0. The van der Waals surface area contributed by atoms with Crippen LogP contribution in [-0.4, -0.2) is 41.8 Å². The van der Waals surface area contributed by atoms with Gasteiger partial charge in [0.1, 0.15) is 0 Å². The van der Waals surface area contributed by atoms with Gasteiger partial charge < -0.3 is 9.47 Å². The smallest absolute Gasteiger partial charge is 0.179 e. The molecule has 0 fully saturated rings. The van der Waals surface area contributed by atoms with Crippen LogP contribution in [0.3, 0.4) is 0 Å². The predicted molar refractivity (Wildman–Crippen MR) is 76.7 cm³/mol. The van der Waals surface area contributed by atoms with Crippen LogP contribution < -0.4 is 0 Å². The van der Waals surface area contributed by atoms with Crippen molar-refractivity contribution in [2.75, 3.05) is 26.5 Å². The number of aromatic nitrogens is 1. The molecule has 102 valence electrons. The van der Waals surface area contributed by atoms with Crippen molar-refractivity contribution in [3.8, 4) is 0 Å². The zero-order valence-corrected chi connectivity index (χ0v) is 12.5. The van der Waals surface area contributed by atoms with Gasteiger partial charge in [-0.25, -0.2) is 0 Å². The number of ketones is 1. The van der Waals surface area contributed by atoms with Gasteiger partial charge in [0.05, 0.1) is 5.88 Å². The summed E-state index contributed by atoms with van der Waals surface area (Å²) in [6, 6.07) is 1.95. The van der Waals surface area contributed by atoms with Gasteiger partial charge in [0.2, 0.25) is 0 Å². The predicted octanol–water partition coefficient (Wildman–Crippen LogP) is 2.87. The van der Waals surface area contributed by atoms with E-state index in [0.29, 0.717) is 0 Å². The van der Waals surface area contributed by atoms with Crippen molar-refractivity contribution in [3.05, 3.63) is 23.0 Å². The lowest BCUT2D eigenvalue weighted by atomic mass is 10.2. The summed E-state index contributed by atoms with van der Waals surface area (Å²) in [5.74, 6) is 0.0783. The highest BCUT2D eigenvalue weighted by atomic mass is 35.5. The number of rotatable bonds is 7. The number of nitrogens with zero attached hydrogens (tertiary/aromatic N) is 2. The average Bonchev–Trinajstić information content (AvgIpc) is 2.60. The molecule has 0 aliphatic carbocycles. The van der Waals surface area contributed by atoms with Crippen molar-refractivity contribution in [1.29, 1.82) is 0 Å². The largest absolute Gasteiger partial charge is 0.348 e. The summed E-state index contributed by atoms with van der Waals surface area (Å²) in [4.78, 5) is 13.9. The van der Waals surface area contributed by atoms with Crippen LogP contribution in [0.4, 0.5) is 0 Å². The third-order valence-electron chi connectivity index (χ3n) is 3.23. The second kappa shape index (κ2) is 6.95. The first-order valence-corrected chi connectivity index (χ1v) is 6.91. The van der Waals surface area contributed by atoms with E-state index in [2.05, 4.69) is 23.6 Å². The Balaban J connectivity index is 2.66. The van der Waals surface area contributed by atoms with Gasteiger partial charge in [0.25, 0.3) is 0 Å². The van der Waals surface area contributed by atoms with Gasteiger partial charge in [-0.1, -0.05) is 0 Å². The molecule has 0 N–H and O–H groups in total. The van der Waals surface area contributed by atoms with Crippen molar-refractivity contribution in [1.82, 2.24) is 9.47 Å². The second-order valence-corrected chi connectivity index (χ2v) is 5.27. The highest BCUT2D eigenvalue weighted by Crippen LogP contribution is 2.17. The SMILES string of the molecule is Cc1cc(C(=O)CCl)c(C)n1CCCCN(C)C. The maximum absolute atomic E-state index is 11.7. The first-order chi connectivity index (χ1) is 8.47. The molecular weight excluding hydrogens is 248 g/mol. The molecular formula is C14H23ClN2O. The number of aryl methyl sites for hydroxylation is 1. The lowest BCUT2D eigenvalue weighted by Gasteiger charge is -2.12. The fourth-order valence-electron chi connectivity index (χ4n) is 2.20. The van der Waals surface area contributed by atoms with Crippen molar-refractivity contribution < 1.29 is 4.79 Å². The van der Waals surface area contributed by atoms with E-state index >= 15 is 0 Å². The quantitative estimate of drug-likeness (QED) is 0.432. The molecule has 0 saturated heterocycles. The fraction of sp³-hybridized carbons (Fsp3) is 0.643. The van der Waals surface area contributed by atoms with Crippen LogP contribution in [0.2, 0.25) is 0 Å². The number of halogens is 1. The third-order valence-corrected chi connectivity index (χ3v) is 3.48. The molecule has 0 saturated carbocycles. The Morgan fingerprint density at radius 3 is 2.56 bits per heavy atom. The number of carbonyl (C=O) groups is 1. The number of unbranched alkanes of at least 4 members (excludes halogenated alkanes) is 1. The molecule has 0 aromatic carbocycles. The Bertz CT molecular complexity index is 410. The third kappa shape index (κ3) is 3.85. The minimum atomic E-state index is 0.0179. The molecule has 0 amide bonds. The highest BCUT2D eigenvalue weighted by Gasteiger charge is 2.14. The minimum absolute atomic E-state index is 0.0179. The molecule has 18 heavy (non-hydrogen) atoms. The molecule has 4 heteroatoms. The molecule has 0 atom stereocenters. The first kappa shape index (κ1) is 15.3. The number of carbonyl (C=O) groups excluding carboxylic acids is 1. The topological polar surface area (TPSA) is 25.2 Å². The molecule has 1 rings (SSSR count). The molecule has 1 aromatic rings. The van der Waals surface area contributed by atoms with E-state index in [4.69, 9.17) is 11.6 Å². The summed E-state index contributed by atoms with van der Waals surface area (Å²) in [5.41, 5.74) is 2.96. The molecule has 1 aromatic heterocycles. The Kier molecular flexibility index (Phi) is 5.89. The second-order valence-electron chi connectivity index (χ2n) is 5.00. The summed E-state index contributed by atoms with van der Waals surface area (Å²) in [6.45, 7) is 6.12. The van der Waals surface area contributed by atoms with Crippen molar-refractivity contribution in [3.63, 3.8) is 0 Å². The maximum atomic E-state index is 11.7. The van der Waals surface area contributed by atoms with Crippen molar-refractivity contribution >= 4 is 17.4 Å². The van der Waals surface area contributed by atoms with Crippen LogP contribution in [0.15, 0.2) is 6.07 Å². The van der Waals surface area contributed by atoms with Crippen LogP contribution in [-0.2, 0) is 6.54 Å². The molecule has 0 radical (unpaired) electrons. The standard InChI is InChI=1S/C14H23ClN2O/c1-11-9-13(14(18)10-15)12(2)17(11)8-6-5-7-16(3)4/h9H,5-8,10H2,1-4H3. The Morgan fingerprint density at radius 1 is 1.33 bits per heavy atom. The van der Waals surface area contributed by atoms with E-state index in [0.717, 1.165) is 36.5 Å². The molecule has 1 heterocycles. The maximum Gasteiger partial charge on any atom is 0.179 e. The molecule has 0 aliphatic heterocycles. The zero-order chi connectivity index (χ0) is 13.7. The highest BCUT2D eigenvalue weighted by molar-refractivity contribution is 6.30. The van der Waals surface area contributed by atoms with Gasteiger partial charge in [-0.05, 0) is 53.4 Å². The Morgan fingerprint density at radius 2 is 2.00 bits per heavy atom. The summed E-state index contributed by atoms with van der Waals surface area (Å²) < 4.78 is 2.22. The lowest BCUT2D eigenvalue weighted by Crippen LogP contribution is -2.14. The Hall–Kier alpha value is -0.800. The monoisotopic (exact) mass is 270 g/mol. The van der Waals surface area contributed by atoms with Crippen LogP contribution in [0, 0.1) is 13.8 Å². The van der Waals surface area contributed by atoms with E-state index in [9.17, 15) is 4.79 Å². The van der Waals surface area contributed by atoms with E-state index in [1.54, 1.807) is 0 Å². The number of hydrogen-bond donors (Lipinski definition) is 0. The van der Waals surface area contributed by atoms with Gasteiger partial charge in [-0.15, -0.1) is 11.6 Å². The number of Topliss-reactive ketones (excluding diaryl/α,β-unsaturated/α-hetero) is 1. The first-order valence-electron chi connectivity index (χ1n) is 6.38. The van der Waals surface area contributed by atoms with E-state index < -0.39 is 0 Å². The molecule has 0 bridgehead atoms. The van der Waals surface area contributed by atoms with Gasteiger partial charge in [-0.3, -0.25) is 4.79 Å². The van der Waals surface area contributed by atoms with E-state index in [1.807, 2.05) is 19.9 Å². The summed E-state index contributed by atoms with van der Waals surface area (Å²) >= 11 is 5.62. The van der Waals surface area contributed by atoms with Crippen molar-refractivity contribution in [2.45, 2.75) is 33.2 Å².